The molecule has 1 amide bonds. The van der Waals surface area contributed by atoms with Gasteiger partial charge in [-0.3, -0.25) is 4.79 Å². The number of carbonyl (C=O) groups excluding carboxylic acids is 1. The molecule has 0 saturated carbocycles. The molecule has 184 valence electrons. The van der Waals surface area contributed by atoms with Gasteiger partial charge in [-0.15, -0.1) is 0 Å². The second-order valence-corrected chi connectivity index (χ2v) is 9.39. The lowest BCUT2D eigenvalue weighted by Gasteiger charge is -2.22. The van der Waals surface area contributed by atoms with E-state index in [1.807, 2.05) is 53.4 Å². The summed E-state index contributed by atoms with van der Waals surface area (Å²) < 4.78 is 19.8. The van der Waals surface area contributed by atoms with Gasteiger partial charge in [0.05, 0.1) is 17.6 Å². The molecular weight excluding hydrogens is 454 g/mol. The molecule has 0 N–H and O–H groups in total. The maximum absolute atomic E-state index is 13.1. The van der Waals surface area contributed by atoms with Crippen molar-refractivity contribution in [1.29, 1.82) is 0 Å². The number of fused-ring (bicyclic) bond motifs is 2. The number of aryl methyl sites for hydroxylation is 1. The Morgan fingerprint density at radius 3 is 2.72 bits per heavy atom. The van der Waals surface area contributed by atoms with Gasteiger partial charge in [0.2, 0.25) is 5.91 Å². The molecular formula is C29H29N3O4. The lowest BCUT2D eigenvalue weighted by Crippen LogP contribution is -2.25. The van der Waals surface area contributed by atoms with E-state index < -0.39 is 0 Å². The van der Waals surface area contributed by atoms with Crippen molar-refractivity contribution in [3.05, 3.63) is 77.6 Å². The molecule has 0 aliphatic carbocycles. The summed E-state index contributed by atoms with van der Waals surface area (Å²) in [4.78, 5) is 19.9. The number of imidazole rings is 1. The minimum absolute atomic E-state index is 0.0150. The fourth-order valence-electron chi connectivity index (χ4n) is 5.10. The third-order valence-corrected chi connectivity index (χ3v) is 7.14. The Kier molecular flexibility index (Phi) is 5.76. The topological polar surface area (TPSA) is 65.8 Å². The van der Waals surface area contributed by atoms with Crippen molar-refractivity contribution in [1.82, 2.24) is 9.55 Å². The van der Waals surface area contributed by atoms with Gasteiger partial charge in [-0.25, -0.2) is 4.98 Å². The minimum Gasteiger partial charge on any atom is -0.491 e. The second kappa shape index (κ2) is 9.22. The number of amides is 1. The van der Waals surface area contributed by atoms with Gasteiger partial charge in [-0.2, -0.15) is 0 Å². The molecule has 1 fully saturated rings. The quantitative estimate of drug-likeness (QED) is 0.385. The number of carbonyl (C=O) groups is 1. The highest BCUT2D eigenvalue weighted by molar-refractivity contribution is 5.97. The molecule has 3 heterocycles. The Bertz CT molecular complexity index is 1440. The zero-order chi connectivity index (χ0) is 24.6. The Hall–Kier alpha value is -4.00. The summed E-state index contributed by atoms with van der Waals surface area (Å²) in [5.74, 6) is 3.31. The monoisotopic (exact) mass is 483 g/mol. The summed E-state index contributed by atoms with van der Waals surface area (Å²) in [5, 5.41) is 0. The Morgan fingerprint density at radius 2 is 1.83 bits per heavy atom. The number of anilines is 1. The first kappa shape index (κ1) is 22.5. The SMILES string of the molecule is Cc1cccc(OCCn2c(C3CC(=O)N(c4ccc5c(c4)OCCO5)C3)nc3ccccc32)c1C. The predicted octanol–water partition coefficient (Wildman–Crippen LogP) is 5.02. The predicted molar refractivity (Wildman–Crippen MR) is 138 cm³/mol. The standard InChI is InChI=1S/C29H29N3O4/c1-19-6-5-9-25(20(19)2)34-13-12-31-24-8-4-3-7-23(24)30-29(31)21-16-28(33)32(18-21)22-10-11-26-27(17-22)36-15-14-35-26/h3-11,17,21H,12-16,18H2,1-2H3. The fraction of sp³-hybridized carbons (Fsp3) is 0.310. The third-order valence-electron chi connectivity index (χ3n) is 7.14. The summed E-state index contributed by atoms with van der Waals surface area (Å²) in [7, 11) is 0. The van der Waals surface area contributed by atoms with Crippen molar-refractivity contribution < 1.29 is 19.0 Å². The van der Waals surface area contributed by atoms with Crippen LogP contribution in [-0.4, -0.2) is 41.8 Å². The smallest absolute Gasteiger partial charge is 0.227 e. The van der Waals surface area contributed by atoms with Crippen LogP contribution in [0.5, 0.6) is 17.2 Å². The van der Waals surface area contributed by atoms with Crippen LogP contribution in [0, 0.1) is 13.8 Å². The molecule has 1 atom stereocenters. The molecule has 6 rings (SSSR count). The van der Waals surface area contributed by atoms with E-state index in [2.05, 4.69) is 30.5 Å². The van der Waals surface area contributed by atoms with Crippen LogP contribution in [0.25, 0.3) is 11.0 Å². The molecule has 0 bridgehead atoms. The molecule has 1 saturated heterocycles. The Labute approximate surface area is 210 Å². The fourth-order valence-corrected chi connectivity index (χ4v) is 5.10. The highest BCUT2D eigenvalue weighted by Gasteiger charge is 2.35. The first-order chi connectivity index (χ1) is 17.6. The maximum atomic E-state index is 13.1. The van der Waals surface area contributed by atoms with Crippen LogP contribution in [0.15, 0.2) is 60.7 Å². The van der Waals surface area contributed by atoms with Crippen LogP contribution < -0.4 is 19.1 Å². The normalized spacial score (nSPS) is 17.1. The van der Waals surface area contributed by atoms with Gasteiger partial charge in [-0.05, 0) is 55.3 Å². The molecule has 36 heavy (non-hydrogen) atoms. The number of aromatic nitrogens is 2. The van der Waals surface area contributed by atoms with Crippen molar-refractivity contribution in [2.24, 2.45) is 0 Å². The van der Waals surface area contributed by atoms with Gasteiger partial charge >= 0.3 is 0 Å². The van der Waals surface area contributed by atoms with Gasteiger partial charge in [-0.1, -0.05) is 24.3 Å². The minimum atomic E-state index is -0.0150. The summed E-state index contributed by atoms with van der Waals surface area (Å²) in [6, 6.07) is 20.0. The van der Waals surface area contributed by atoms with E-state index in [9.17, 15) is 4.79 Å². The van der Waals surface area contributed by atoms with E-state index >= 15 is 0 Å². The molecule has 3 aromatic carbocycles. The second-order valence-electron chi connectivity index (χ2n) is 9.39. The van der Waals surface area contributed by atoms with Crippen LogP contribution in [-0.2, 0) is 11.3 Å². The first-order valence-electron chi connectivity index (χ1n) is 12.4. The zero-order valence-electron chi connectivity index (χ0n) is 20.6. The number of para-hydroxylation sites is 2. The van der Waals surface area contributed by atoms with Crippen LogP contribution >= 0.6 is 0 Å². The summed E-state index contributed by atoms with van der Waals surface area (Å²) in [6.45, 7) is 6.97. The highest BCUT2D eigenvalue weighted by Crippen LogP contribution is 2.38. The Morgan fingerprint density at radius 1 is 1.00 bits per heavy atom. The molecule has 7 heteroatoms. The molecule has 0 spiro atoms. The molecule has 2 aliphatic rings. The van der Waals surface area contributed by atoms with E-state index in [0.29, 0.717) is 45.1 Å². The summed E-state index contributed by atoms with van der Waals surface area (Å²) in [6.07, 6.45) is 0.412. The lowest BCUT2D eigenvalue weighted by molar-refractivity contribution is -0.117. The third kappa shape index (κ3) is 4.04. The first-order valence-corrected chi connectivity index (χ1v) is 12.4. The zero-order valence-corrected chi connectivity index (χ0v) is 20.6. The number of hydrogen-bond donors (Lipinski definition) is 0. The van der Waals surface area contributed by atoms with E-state index in [-0.39, 0.29) is 11.8 Å². The van der Waals surface area contributed by atoms with Crippen molar-refractivity contribution in [3.8, 4) is 17.2 Å². The van der Waals surface area contributed by atoms with Crippen LogP contribution in [0.3, 0.4) is 0 Å². The van der Waals surface area contributed by atoms with E-state index in [1.165, 1.54) is 5.56 Å². The van der Waals surface area contributed by atoms with Crippen molar-refractivity contribution in [2.45, 2.75) is 32.7 Å². The van der Waals surface area contributed by atoms with Crippen LogP contribution in [0.2, 0.25) is 0 Å². The molecule has 2 aliphatic heterocycles. The van der Waals surface area contributed by atoms with Gasteiger partial charge in [0, 0.05) is 30.6 Å². The maximum Gasteiger partial charge on any atom is 0.227 e. The van der Waals surface area contributed by atoms with Crippen LogP contribution in [0.4, 0.5) is 5.69 Å². The number of nitrogens with zero attached hydrogens (tertiary/aromatic N) is 3. The summed E-state index contributed by atoms with van der Waals surface area (Å²) >= 11 is 0. The molecule has 1 aromatic heterocycles. The number of benzene rings is 3. The van der Waals surface area contributed by atoms with Crippen molar-refractivity contribution in [3.63, 3.8) is 0 Å². The molecule has 0 radical (unpaired) electrons. The lowest BCUT2D eigenvalue weighted by atomic mass is 10.1. The number of hydrogen-bond acceptors (Lipinski definition) is 5. The Balaban J connectivity index is 1.25. The van der Waals surface area contributed by atoms with Gasteiger partial charge in [0.15, 0.2) is 11.5 Å². The highest BCUT2D eigenvalue weighted by atomic mass is 16.6. The summed E-state index contributed by atoms with van der Waals surface area (Å²) in [5.41, 5.74) is 5.19. The van der Waals surface area contributed by atoms with Gasteiger partial charge < -0.3 is 23.7 Å². The van der Waals surface area contributed by atoms with Crippen LogP contribution in [0.1, 0.15) is 29.3 Å². The van der Waals surface area contributed by atoms with E-state index in [1.54, 1.807) is 0 Å². The molecule has 1 unspecified atom stereocenters. The number of rotatable bonds is 6. The average molecular weight is 484 g/mol. The van der Waals surface area contributed by atoms with E-state index in [0.717, 1.165) is 39.6 Å². The molecule has 7 nitrogen and oxygen atoms in total. The largest absolute Gasteiger partial charge is 0.491 e. The van der Waals surface area contributed by atoms with Gasteiger partial charge in [0.1, 0.15) is 31.4 Å². The number of ether oxygens (including phenoxy) is 3. The molecule has 4 aromatic rings. The van der Waals surface area contributed by atoms with Crippen molar-refractivity contribution in [2.75, 3.05) is 31.3 Å². The average Bonchev–Trinajstić information content (AvgIpc) is 3.47. The van der Waals surface area contributed by atoms with Crippen molar-refractivity contribution >= 4 is 22.6 Å². The van der Waals surface area contributed by atoms with Gasteiger partial charge in [0.25, 0.3) is 0 Å². The van der Waals surface area contributed by atoms with E-state index in [4.69, 9.17) is 19.2 Å².